The lowest BCUT2D eigenvalue weighted by molar-refractivity contribution is -0.121. The zero-order valence-corrected chi connectivity index (χ0v) is 13.8. The Morgan fingerprint density at radius 3 is 2.59 bits per heavy atom. The molecular formula is C16H22N2O3S. The lowest BCUT2D eigenvalue weighted by atomic mass is 10.0. The summed E-state index contributed by atoms with van der Waals surface area (Å²) in [6, 6.07) is 7.98. The van der Waals surface area contributed by atoms with Crippen molar-refractivity contribution in [3.8, 4) is 0 Å². The zero-order valence-electron chi connectivity index (χ0n) is 13.0. The van der Waals surface area contributed by atoms with Crippen molar-refractivity contribution >= 4 is 22.0 Å². The van der Waals surface area contributed by atoms with E-state index in [0.717, 1.165) is 5.56 Å². The molecule has 0 unspecified atom stereocenters. The number of rotatable bonds is 5. The number of carbonyl (C=O) groups excluding carboxylic acids is 1. The summed E-state index contributed by atoms with van der Waals surface area (Å²) in [5.41, 5.74) is 4.62. The molecule has 1 saturated heterocycles. The van der Waals surface area contributed by atoms with E-state index in [2.05, 4.69) is 24.4 Å². The first-order chi connectivity index (χ1) is 10.4. The van der Waals surface area contributed by atoms with Crippen LogP contribution in [0.2, 0.25) is 0 Å². The fourth-order valence-electron chi connectivity index (χ4n) is 2.49. The fourth-order valence-corrected chi connectivity index (χ4v) is 4.35. The Morgan fingerprint density at radius 2 is 2.05 bits per heavy atom. The maximum absolute atomic E-state index is 11.7. The average Bonchev–Trinajstić information content (AvgIpc) is 2.78. The van der Waals surface area contributed by atoms with Crippen LogP contribution < -0.4 is 5.43 Å². The number of benzene rings is 1. The van der Waals surface area contributed by atoms with Crippen LogP contribution in [0.15, 0.2) is 29.4 Å². The number of carbonyl (C=O) groups is 1. The van der Waals surface area contributed by atoms with Crippen molar-refractivity contribution in [3.63, 3.8) is 0 Å². The number of nitrogens with zero attached hydrogens (tertiary/aromatic N) is 1. The predicted octanol–water partition coefficient (Wildman–Crippen LogP) is 2.08. The molecule has 1 atom stereocenters. The molecule has 0 spiro atoms. The van der Waals surface area contributed by atoms with Crippen molar-refractivity contribution in [3.05, 3.63) is 35.4 Å². The monoisotopic (exact) mass is 322 g/mol. The van der Waals surface area contributed by atoms with Gasteiger partial charge in [-0.15, -0.1) is 0 Å². The highest BCUT2D eigenvalue weighted by molar-refractivity contribution is 7.91. The molecule has 1 aromatic carbocycles. The van der Waals surface area contributed by atoms with Crippen LogP contribution >= 0.6 is 0 Å². The molecule has 1 aliphatic rings. The van der Waals surface area contributed by atoms with E-state index in [9.17, 15) is 13.2 Å². The predicted molar refractivity (Wildman–Crippen MR) is 87.6 cm³/mol. The van der Waals surface area contributed by atoms with Crippen molar-refractivity contribution in [2.24, 2.45) is 11.0 Å². The van der Waals surface area contributed by atoms with Crippen molar-refractivity contribution in [1.82, 2.24) is 5.43 Å². The number of hydrazone groups is 1. The Morgan fingerprint density at radius 1 is 1.36 bits per heavy atom. The second-order valence-electron chi connectivity index (χ2n) is 6.09. The van der Waals surface area contributed by atoms with Crippen LogP contribution in [0.25, 0.3) is 0 Å². The maximum Gasteiger partial charge on any atom is 0.240 e. The smallest absolute Gasteiger partial charge is 0.240 e. The third-order valence-electron chi connectivity index (χ3n) is 3.81. The molecule has 1 heterocycles. The van der Waals surface area contributed by atoms with Crippen molar-refractivity contribution in [1.29, 1.82) is 0 Å². The first kappa shape index (κ1) is 16.7. The maximum atomic E-state index is 11.7. The van der Waals surface area contributed by atoms with Crippen molar-refractivity contribution in [2.75, 3.05) is 11.5 Å². The topological polar surface area (TPSA) is 75.6 Å². The van der Waals surface area contributed by atoms with Gasteiger partial charge in [-0.25, -0.2) is 13.8 Å². The molecule has 120 valence electrons. The summed E-state index contributed by atoms with van der Waals surface area (Å²) in [6.45, 7) is 4.26. The summed E-state index contributed by atoms with van der Waals surface area (Å²) in [5.74, 6) is 0.466. The largest absolute Gasteiger partial charge is 0.273 e. The SMILES string of the molecule is CC(C)c1ccc(/C=N\NC(=O)C[C@@H]2CCS(=O)(=O)C2)cc1. The average molecular weight is 322 g/mol. The minimum atomic E-state index is -2.93. The molecule has 5 nitrogen and oxygen atoms in total. The Kier molecular flexibility index (Phi) is 5.34. The molecule has 22 heavy (non-hydrogen) atoms. The van der Waals surface area contributed by atoms with E-state index in [1.54, 1.807) is 6.21 Å². The lowest BCUT2D eigenvalue weighted by Crippen LogP contribution is -2.21. The molecule has 1 aromatic rings. The summed E-state index contributed by atoms with van der Waals surface area (Å²) in [6.07, 6.45) is 2.37. The van der Waals surface area contributed by atoms with Gasteiger partial charge in [0.2, 0.25) is 5.91 Å². The first-order valence-corrected chi connectivity index (χ1v) is 9.30. The molecule has 1 fully saturated rings. The van der Waals surface area contributed by atoms with E-state index < -0.39 is 9.84 Å². The van der Waals surface area contributed by atoms with Gasteiger partial charge in [0.25, 0.3) is 0 Å². The van der Waals surface area contributed by atoms with Crippen LogP contribution in [0.5, 0.6) is 0 Å². The Bertz CT molecular complexity index is 648. The minimum absolute atomic E-state index is 0.0782. The standard InChI is InChI=1S/C16H22N2O3S/c1-12(2)15-5-3-13(4-6-15)10-17-18-16(19)9-14-7-8-22(20,21)11-14/h3-6,10,12,14H,7-9,11H2,1-2H3,(H,18,19)/b17-10-/t14-/m0/s1. The first-order valence-electron chi connectivity index (χ1n) is 7.48. The number of nitrogens with one attached hydrogen (secondary N) is 1. The normalized spacial score (nSPS) is 20.6. The van der Waals surface area contributed by atoms with E-state index >= 15 is 0 Å². The van der Waals surface area contributed by atoms with E-state index in [4.69, 9.17) is 0 Å². The molecule has 6 heteroatoms. The van der Waals surface area contributed by atoms with Crippen LogP contribution in [0, 0.1) is 5.92 Å². The van der Waals surface area contributed by atoms with Gasteiger partial charge in [0.05, 0.1) is 17.7 Å². The van der Waals surface area contributed by atoms with Crippen LogP contribution in [-0.4, -0.2) is 32.0 Å². The highest BCUT2D eigenvalue weighted by atomic mass is 32.2. The van der Waals surface area contributed by atoms with Crippen molar-refractivity contribution in [2.45, 2.75) is 32.6 Å². The molecule has 0 saturated carbocycles. The van der Waals surface area contributed by atoms with Gasteiger partial charge in [-0.2, -0.15) is 5.10 Å². The molecule has 1 amide bonds. The second-order valence-corrected chi connectivity index (χ2v) is 8.32. The third kappa shape index (κ3) is 4.94. The van der Waals surface area contributed by atoms with Crippen molar-refractivity contribution < 1.29 is 13.2 Å². The highest BCUT2D eigenvalue weighted by Crippen LogP contribution is 2.21. The lowest BCUT2D eigenvalue weighted by Gasteiger charge is -2.06. The van der Waals surface area contributed by atoms with Gasteiger partial charge in [0.15, 0.2) is 9.84 Å². The molecule has 0 aliphatic carbocycles. The van der Waals surface area contributed by atoms with E-state index in [1.807, 2.05) is 24.3 Å². The molecule has 0 bridgehead atoms. The molecule has 2 rings (SSSR count). The molecule has 1 aliphatic heterocycles. The third-order valence-corrected chi connectivity index (χ3v) is 5.64. The van der Waals surface area contributed by atoms with Gasteiger partial charge in [0, 0.05) is 6.42 Å². The van der Waals surface area contributed by atoms with Crippen LogP contribution in [0.4, 0.5) is 0 Å². The quantitative estimate of drug-likeness (QED) is 0.666. The van der Waals surface area contributed by atoms with Crippen LogP contribution in [0.3, 0.4) is 0 Å². The summed E-state index contributed by atoms with van der Waals surface area (Å²) in [5, 5.41) is 3.92. The van der Waals surface area contributed by atoms with Gasteiger partial charge in [0.1, 0.15) is 0 Å². The number of sulfone groups is 1. The van der Waals surface area contributed by atoms with Crippen LogP contribution in [-0.2, 0) is 14.6 Å². The van der Waals surface area contributed by atoms with Gasteiger partial charge in [-0.05, 0) is 29.4 Å². The zero-order chi connectivity index (χ0) is 16.2. The van der Waals surface area contributed by atoms with E-state index in [0.29, 0.717) is 12.3 Å². The van der Waals surface area contributed by atoms with Gasteiger partial charge in [-0.1, -0.05) is 38.1 Å². The Balaban J connectivity index is 1.80. The second kappa shape index (κ2) is 7.05. The summed E-state index contributed by atoms with van der Waals surface area (Å²) < 4.78 is 22.7. The highest BCUT2D eigenvalue weighted by Gasteiger charge is 2.29. The Hall–Kier alpha value is -1.69. The van der Waals surface area contributed by atoms with Gasteiger partial charge >= 0.3 is 0 Å². The summed E-state index contributed by atoms with van der Waals surface area (Å²) >= 11 is 0. The van der Waals surface area contributed by atoms with E-state index in [1.165, 1.54) is 5.56 Å². The molecule has 0 aromatic heterocycles. The Labute approximate surface area is 131 Å². The van der Waals surface area contributed by atoms with Gasteiger partial charge < -0.3 is 0 Å². The van der Waals surface area contributed by atoms with Gasteiger partial charge in [-0.3, -0.25) is 4.79 Å². The number of hydrogen-bond acceptors (Lipinski definition) is 4. The summed E-state index contributed by atoms with van der Waals surface area (Å²) in [4.78, 5) is 11.7. The van der Waals surface area contributed by atoms with Crippen LogP contribution in [0.1, 0.15) is 43.7 Å². The summed E-state index contributed by atoms with van der Waals surface area (Å²) in [7, 11) is -2.93. The fraction of sp³-hybridized carbons (Fsp3) is 0.500. The minimum Gasteiger partial charge on any atom is -0.273 e. The number of hydrogen-bond donors (Lipinski definition) is 1. The molecular weight excluding hydrogens is 300 g/mol. The molecule has 0 radical (unpaired) electrons. The van der Waals surface area contributed by atoms with E-state index in [-0.39, 0.29) is 29.8 Å². The molecule has 1 N–H and O–H groups in total. The number of amides is 1.